The standard InChI is InChI=1S/C42H64N4O5/c1-29(2)15-12-16-30(3)17-13-18-31(4)19-14-20-37-41(7)23-22-38(40(5,6)36(41)21-24-42(37,8)47)44-51-28-32-27-46(45-43-32)39-34(49-10)25-33(48-9)26-35(39)50-11/h15,17,19,25-27,36-37,47H,12-14,16,18,20-24,28H2,1-11H3/b30-17+,31-19+,44-38+/t36-,37+,41-,42+/m0/s1. The van der Waals surface area contributed by atoms with Crippen molar-refractivity contribution in [3.8, 4) is 22.9 Å². The molecule has 2 aliphatic rings. The van der Waals surface area contributed by atoms with Crippen molar-refractivity contribution in [1.82, 2.24) is 15.0 Å². The summed E-state index contributed by atoms with van der Waals surface area (Å²) in [5, 5.41) is 25.1. The van der Waals surface area contributed by atoms with E-state index in [9.17, 15) is 5.11 Å². The molecule has 9 heteroatoms. The van der Waals surface area contributed by atoms with E-state index in [0.29, 0.717) is 34.5 Å². The SMILES string of the molecule is COc1cc(OC)c(-n2cc(CO/N=C3\CC[C@]4(C)[C@@H](CC/C=C(\C)CC/C=C(\C)CCC=C(C)C)[C@](C)(O)CC[C@H]4C3(C)C)nn2)c(OC)c1. The van der Waals surface area contributed by atoms with Gasteiger partial charge in [-0.1, -0.05) is 66.1 Å². The van der Waals surface area contributed by atoms with Crippen molar-refractivity contribution in [3.05, 3.63) is 59.0 Å². The highest BCUT2D eigenvalue weighted by Gasteiger charge is 2.59. The molecule has 1 N–H and O–H groups in total. The minimum absolute atomic E-state index is 0.0102. The van der Waals surface area contributed by atoms with Crippen LogP contribution in [-0.4, -0.2) is 52.7 Å². The van der Waals surface area contributed by atoms with E-state index >= 15 is 0 Å². The first-order chi connectivity index (χ1) is 24.2. The minimum atomic E-state index is -0.680. The van der Waals surface area contributed by atoms with Gasteiger partial charge in [0, 0.05) is 17.5 Å². The Labute approximate surface area is 307 Å². The molecule has 0 spiro atoms. The van der Waals surface area contributed by atoms with Gasteiger partial charge in [-0.15, -0.1) is 5.10 Å². The Morgan fingerprint density at radius 1 is 0.902 bits per heavy atom. The van der Waals surface area contributed by atoms with Crippen molar-refractivity contribution in [2.24, 2.45) is 27.8 Å². The normalized spacial score (nSPS) is 25.7. The third-order valence-corrected chi connectivity index (χ3v) is 11.7. The zero-order chi connectivity index (χ0) is 37.4. The molecule has 2 aromatic rings. The Morgan fingerprint density at radius 3 is 2.14 bits per heavy atom. The highest BCUT2D eigenvalue weighted by Crippen LogP contribution is 2.62. The topological polar surface area (TPSA) is 100 Å². The molecule has 282 valence electrons. The number of fused-ring (bicyclic) bond motifs is 1. The van der Waals surface area contributed by atoms with Gasteiger partial charge in [0.2, 0.25) is 0 Å². The van der Waals surface area contributed by atoms with Crippen LogP contribution in [0.3, 0.4) is 0 Å². The van der Waals surface area contributed by atoms with Crippen LogP contribution in [0.1, 0.15) is 125 Å². The summed E-state index contributed by atoms with van der Waals surface area (Å²) in [5.41, 5.74) is 5.82. The smallest absolute Gasteiger partial charge is 0.162 e. The van der Waals surface area contributed by atoms with E-state index in [0.717, 1.165) is 69.9 Å². The second-order valence-electron chi connectivity index (χ2n) is 16.1. The zero-order valence-electron chi connectivity index (χ0n) is 33.3. The van der Waals surface area contributed by atoms with Crippen LogP contribution in [0.2, 0.25) is 0 Å². The molecule has 1 aromatic carbocycles. The van der Waals surface area contributed by atoms with Gasteiger partial charge in [0.15, 0.2) is 23.8 Å². The molecule has 2 saturated carbocycles. The van der Waals surface area contributed by atoms with Gasteiger partial charge in [-0.05, 0) is 116 Å². The van der Waals surface area contributed by atoms with Crippen LogP contribution >= 0.6 is 0 Å². The predicted molar refractivity (Wildman–Crippen MR) is 206 cm³/mol. The van der Waals surface area contributed by atoms with Gasteiger partial charge in [-0.2, -0.15) is 0 Å². The van der Waals surface area contributed by atoms with E-state index in [1.807, 2.05) is 0 Å². The monoisotopic (exact) mass is 704 g/mol. The summed E-state index contributed by atoms with van der Waals surface area (Å²) in [4.78, 5) is 5.97. The summed E-state index contributed by atoms with van der Waals surface area (Å²) in [6, 6.07) is 3.56. The third kappa shape index (κ3) is 9.65. The van der Waals surface area contributed by atoms with E-state index in [4.69, 9.17) is 24.2 Å². The first kappa shape index (κ1) is 40.2. The molecular formula is C42H64N4O5. The fourth-order valence-electron chi connectivity index (χ4n) is 8.84. The van der Waals surface area contributed by atoms with Crippen molar-refractivity contribution in [2.45, 2.75) is 132 Å². The Bertz CT molecular complexity index is 1570. The van der Waals surface area contributed by atoms with Crippen LogP contribution in [0.4, 0.5) is 0 Å². The van der Waals surface area contributed by atoms with Gasteiger partial charge >= 0.3 is 0 Å². The molecular weight excluding hydrogens is 640 g/mol. The van der Waals surface area contributed by atoms with Crippen molar-refractivity contribution in [2.75, 3.05) is 21.3 Å². The number of aromatic nitrogens is 3. The maximum Gasteiger partial charge on any atom is 0.162 e. The van der Waals surface area contributed by atoms with Crippen molar-refractivity contribution < 1.29 is 24.2 Å². The predicted octanol–water partition coefficient (Wildman–Crippen LogP) is 9.97. The maximum absolute atomic E-state index is 11.8. The van der Waals surface area contributed by atoms with Gasteiger partial charge < -0.3 is 24.2 Å². The molecule has 0 saturated heterocycles. The summed E-state index contributed by atoms with van der Waals surface area (Å²) in [6.45, 7) is 18.1. The zero-order valence-corrected chi connectivity index (χ0v) is 33.3. The summed E-state index contributed by atoms with van der Waals surface area (Å²) in [7, 11) is 4.78. The molecule has 0 bridgehead atoms. The van der Waals surface area contributed by atoms with Crippen molar-refractivity contribution in [3.63, 3.8) is 0 Å². The van der Waals surface area contributed by atoms with Crippen LogP contribution in [0.15, 0.2) is 58.4 Å². The number of rotatable bonds is 16. The van der Waals surface area contributed by atoms with Gasteiger partial charge in [-0.25, -0.2) is 4.68 Å². The molecule has 4 rings (SSSR count). The number of nitrogens with zero attached hydrogens (tertiary/aromatic N) is 4. The summed E-state index contributed by atoms with van der Waals surface area (Å²) in [5.74, 6) is 2.33. The average Bonchev–Trinajstić information content (AvgIpc) is 3.54. The molecule has 0 unspecified atom stereocenters. The van der Waals surface area contributed by atoms with E-state index in [-0.39, 0.29) is 23.4 Å². The van der Waals surface area contributed by atoms with Gasteiger partial charge in [0.05, 0.1) is 38.8 Å². The van der Waals surface area contributed by atoms with Gasteiger partial charge in [0.1, 0.15) is 11.4 Å². The van der Waals surface area contributed by atoms with E-state index in [1.165, 1.54) is 16.7 Å². The molecule has 0 amide bonds. The average molecular weight is 705 g/mol. The van der Waals surface area contributed by atoms with Crippen molar-refractivity contribution >= 4 is 5.71 Å². The summed E-state index contributed by atoms with van der Waals surface area (Å²) < 4.78 is 18.2. The Hall–Kier alpha value is -3.59. The van der Waals surface area contributed by atoms with Crippen LogP contribution in [-0.2, 0) is 11.4 Å². The fourth-order valence-corrected chi connectivity index (χ4v) is 8.84. The molecule has 9 nitrogen and oxygen atoms in total. The second-order valence-corrected chi connectivity index (χ2v) is 16.1. The second kappa shape index (κ2) is 17.3. The molecule has 51 heavy (non-hydrogen) atoms. The molecule has 0 aliphatic heterocycles. The van der Waals surface area contributed by atoms with Crippen LogP contribution in [0, 0.1) is 22.7 Å². The number of allylic oxidation sites excluding steroid dienone is 6. The largest absolute Gasteiger partial charge is 0.496 e. The Kier molecular flexibility index (Phi) is 13.6. The lowest BCUT2D eigenvalue weighted by atomic mass is 9.44. The van der Waals surface area contributed by atoms with E-state index < -0.39 is 5.60 Å². The Balaban J connectivity index is 1.39. The quantitative estimate of drug-likeness (QED) is 0.137. The number of aliphatic hydroxyl groups is 1. The summed E-state index contributed by atoms with van der Waals surface area (Å²) in [6.07, 6.45) is 19.0. The molecule has 2 aliphatic carbocycles. The molecule has 1 heterocycles. The van der Waals surface area contributed by atoms with Gasteiger partial charge in [-0.3, -0.25) is 0 Å². The number of ether oxygens (including phenoxy) is 3. The number of hydrogen-bond acceptors (Lipinski definition) is 8. The first-order valence-corrected chi connectivity index (χ1v) is 18.7. The first-order valence-electron chi connectivity index (χ1n) is 18.7. The molecule has 2 fully saturated rings. The fraction of sp³-hybridized carbons (Fsp3) is 0.643. The van der Waals surface area contributed by atoms with Crippen LogP contribution < -0.4 is 14.2 Å². The Morgan fingerprint density at radius 2 is 1.53 bits per heavy atom. The van der Waals surface area contributed by atoms with Crippen LogP contribution in [0.5, 0.6) is 17.2 Å². The number of oxime groups is 1. The number of hydrogen-bond donors (Lipinski definition) is 1. The molecule has 4 atom stereocenters. The number of benzene rings is 1. The third-order valence-electron chi connectivity index (χ3n) is 11.7. The molecule has 1 aromatic heterocycles. The lowest BCUT2D eigenvalue weighted by Crippen LogP contribution is -2.59. The van der Waals surface area contributed by atoms with E-state index in [2.05, 4.69) is 83.9 Å². The van der Waals surface area contributed by atoms with E-state index in [1.54, 1.807) is 44.3 Å². The van der Waals surface area contributed by atoms with Crippen molar-refractivity contribution in [1.29, 1.82) is 0 Å². The lowest BCUT2D eigenvalue weighted by Gasteiger charge is -2.61. The maximum atomic E-state index is 11.8. The highest BCUT2D eigenvalue weighted by atomic mass is 16.6. The number of methoxy groups -OCH3 is 3. The molecule has 0 radical (unpaired) electrons. The highest BCUT2D eigenvalue weighted by molar-refractivity contribution is 5.90. The van der Waals surface area contributed by atoms with Gasteiger partial charge in [0.25, 0.3) is 0 Å². The minimum Gasteiger partial charge on any atom is -0.496 e. The lowest BCUT2D eigenvalue weighted by molar-refractivity contribution is -0.150. The summed E-state index contributed by atoms with van der Waals surface area (Å²) >= 11 is 0. The van der Waals surface area contributed by atoms with Crippen LogP contribution in [0.25, 0.3) is 5.69 Å².